The van der Waals surface area contributed by atoms with E-state index in [2.05, 4.69) is 4.85 Å². The average molecular weight is 357 g/mol. The van der Waals surface area contributed by atoms with Crippen LogP contribution in [0.1, 0.15) is 27.7 Å². The molecular formula is C15H19NO9. The van der Waals surface area contributed by atoms with Gasteiger partial charge in [0.05, 0.1) is 0 Å². The Bertz CT molecular complexity index is 582. The van der Waals surface area contributed by atoms with E-state index in [1.165, 1.54) is 6.92 Å². The average Bonchev–Trinajstić information content (AvgIpc) is 2.48. The van der Waals surface area contributed by atoms with Gasteiger partial charge in [0.1, 0.15) is 12.7 Å². The summed E-state index contributed by atoms with van der Waals surface area (Å²) in [7, 11) is 0. The molecule has 0 N–H and O–H groups in total. The SMILES string of the molecule is [C-]#[N+][C@H]1O[C@H](COC(C)=O)[C@@H](OC(C)=O)[C@H](OC(C)=O)[C@H]1OC(C)=O. The van der Waals surface area contributed by atoms with Gasteiger partial charge < -0.3 is 18.9 Å². The van der Waals surface area contributed by atoms with Crippen LogP contribution in [0.15, 0.2) is 0 Å². The third-order valence-corrected chi connectivity index (χ3v) is 3.09. The first-order valence-corrected chi connectivity index (χ1v) is 7.32. The highest BCUT2D eigenvalue weighted by molar-refractivity contribution is 5.68. The Morgan fingerprint density at radius 2 is 1.32 bits per heavy atom. The molecule has 1 rings (SSSR count). The van der Waals surface area contributed by atoms with Gasteiger partial charge in [-0.2, -0.15) is 0 Å². The summed E-state index contributed by atoms with van der Waals surface area (Å²) >= 11 is 0. The maximum absolute atomic E-state index is 11.4. The van der Waals surface area contributed by atoms with Gasteiger partial charge in [0, 0.05) is 27.7 Å². The lowest BCUT2D eigenvalue weighted by Crippen LogP contribution is -2.61. The van der Waals surface area contributed by atoms with E-state index in [1.54, 1.807) is 0 Å². The van der Waals surface area contributed by atoms with E-state index in [4.69, 9.17) is 30.3 Å². The number of carbonyl (C=O) groups excluding carboxylic acids is 4. The number of hydrogen-bond donors (Lipinski definition) is 0. The lowest BCUT2D eigenvalue weighted by molar-refractivity contribution is -0.244. The second-order valence-electron chi connectivity index (χ2n) is 5.22. The van der Waals surface area contributed by atoms with Crippen molar-refractivity contribution in [3.8, 4) is 0 Å². The van der Waals surface area contributed by atoms with E-state index in [1.807, 2.05) is 0 Å². The molecule has 0 spiro atoms. The van der Waals surface area contributed by atoms with Gasteiger partial charge in [0.25, 0.3) is 0 Å². The second kappa shape index (κ2) is 8.98. The van der Waals surface area contributed by atoms with Crippen LogP contribution in [0.5, 0.6) is 0 Å². The quantitative estimate of drug-likeness (QED) is 0.380. The van der Waals surface area contributed by atoms with Crippen molar-refractivity contribution >= 4 is 23.9 Å². The summed E-state index contributed by atoms with van der Waals surface area (Å²) in [5.74, 6) is -2.81. The van der Waals surface area contributed by atoms with Gasteiger partial charge in [0.15, 0.2) is 12.2 Å². The van der Waals surface area contributed by atoms with Gasteiger partial charge in [-0.15, -0.1) is 0 Å². The van der Waals surface area contributed by atoms with Crippen molar-refractivity contribution < 1.29 is 42.9 Å². The molecule has 0 amide bonds. The molecule has 25 heavy (non-hydrogen) atoms. The maximum Gasteiger partial charge on any atom is 0.369 e. The fourth-order valence-electron chi connectivity index (χ4n) is 2.31. The van der Waals surface area contributed by atoms with Crippen molar-refractivity contribution in [1.82, 2.24) is 0 Å². The molecule has 1 aliphatic rings. The van der Waals surface area contributed by atoms with E-state index in [9.17, 15) is 19.2 Å². The summed E-state index contributed by atoms with van der Waals surface area (Å²) in [5, 5.41) is 0. The van der Waals surface area contributed by atoms with Crippen LogP contribution in [0.2, 0.25) is 0 Å². The molecule has 0 aromatic heterocycles. The minimum Gasteiger partial charge on any atom is -0.463 e. The van der Waals surface area contributed by atoms with E-state index in [0.717, 1.165) is 20.8 Å². The standard InChI is InChI=1S/C15H19NO9/c1-7(17)21-6-11-12(22-8(2)18)13(23-9(3)19)14(24-10(4)20)15(16-5)25-11/h11-15H,6H2,1-4H3/t11-,12-,13+,14-,15+/m1/s1. The van der Waals surface area contributed by atoms with Crippen LogP contribution < -0.4 is 0 Å². The van der Waals surface area contributed by atoms with Crippen LogP contribution in [-0.4, -0.2) is 61.1 Å². The molecule has 1 heterocycles. The molecule has 0 aliphatic carbocycles. The minimum atomic E-state index is -1.33. The van der Waals surface area contributed by atoms with Crippen LogP contribution in [0.3, 0.4) is 0 Å². The molecule has 0 aromatic carbocycles. The topological polar surface area (TPSA) is 119 Å². The van der Waals surface area contributed by atoms with Gasteiger partial charge in [-0.05, 0) is 0 Å². The number of rotatable bonds is 5. The van der Waals surface area contributed by atoms with Crippen molar-refractivity contribution in [3.63, 3.8) is 0 Å². The highest BCUT2D eigenvalue weighted by Gasteiger charge is 2.55. The Morgan fingerprint density at radius 1 is 0.840 bits per heavy atom. The minimum absolute atomic E-state index is 0.343. The fraction of sp³-hybridized carbons (Fsp3) is 0.667. The van der Waals surface area contributed by atoms with Gasteiger partial charge in [-0.3, -0.25) is 28.8 Å². The molecule has 0 radical (unpaired) electrons. The highest BCUT2D eigenvalue weighted by atomic mass is 16.7. The van der Waals surface area contributed by atoms with Gasteiger partial charge in [0.2, 0.25) is 6.10 Å². The summed E-state index contributed by atoms with van der Waals surface area (Å²) in [5.41, 5.74) is 0. The largest absolute Gasteiger partial charge is 0.463 e. The number of hydrogen-bond acceptors (Lipinski definition) is 9. The molecule has 1 fully saturated rings. The number of carbonyl (C=O) groups is 4. The first kappa shape index (κ1) is 20.4. The summed E-state index contributed by atoms with van der Waals surface area (Å²) in [6.45, 7) is 11.4. The summed E-state index contributed by atoms with van der Waals surface area (Å²) in [6, 6.07) is 0. The van der Waals surface area contributed by atoms with Crippen LogP contribution in [0.4, 0.5) is 0 Å². The van der Waals surface area contributed by atoms with Crippen LogP contribution >= 0.6 is 0 Å². The molecule has 10 heteroatoms. The number of nitrogens with zero attached hydrogens (tertiary/aromatic N) is 1. The first-order chi connectivity index (χ1) is 11.6. The van der Waals surface area contributed by atoms with Crippen molar-refractivity contribution in [3.05, 3.63) is 11.4 Å². The van der Waals surface area contributed by atoms with E-state index >= 15 is 0 Å². The van der Waals surface area contributed by atoms with E-state index in [0.29, 0.717) is 0 Å². The van der Waals surface area contributed by atoms with E-state index < -0.39 is 54.5 Å². The van der Waals surface area contributed by atoms with Gasteiger partial charge in [-0.25, -0.2) is 6.57 Å². The zero-order valence-electron chi connectivity index (χ0n) is 14.2. The Morgan fingerprint density at radius 3 is 1.76 bits per heavy atom. The highest BCUT2D eigenvalue weighted by Crippen LogP contribution is 2.29. The third-order valence-electron chi connectivity index (χ3n) is 3.09. The Kier molecular flexibility index (Phi) is 7.32. The van der Waals surface area contributed by atoms with Gasteiger partial charge in [-0.1, -0.05) is 0 Å². The number of esters is 4. The predicted molar refractivity (Wildman–Crippen MR) is 78.6 cm³/mol. The molecule has 0 bridgehead atoms. The summed E-state index contributed by atoms with van der Waals surface area (Å²) in [6.07, 6.45) is -6.25. The summed E-state index contributed by atoms with van der Waals surface area (Å²) in [4.78, 5) is 48.4. The van der Waals surface area contributed by atoms with Crippen LogP contribution in [0, 0.1) is 6.57 Å². The maximum atomic E-state index is 11.4. The Balaban J connectivity index is 3.21. The Labute approximate surface area is 144 Å². The predicted octanol–water partition coefficient (Wildman–Crippen LogP) is -0.0112. The Hall–Kier alpha value is -2.67. The number of ether oxygens (including phenoxy) is 5. The zero-order chi connectivity index (χ0) is 19.1. The fourth-order valence-corrected chi connectivity index (χ4v) is 2.31. The molecular weight excluding hydrogens is 338 g/mol. The molecule has 0 aromatic rings. The molecule has 0 unspecified atom stereocenters. The first-order valence-electron chi connectivity index (χ1n) is 7.32. The molecule has 0 saturated carbocycles. The molecule has 1 aliphatic heterocycles. The normalized spacial score (nSPS) is 28.2. The van der Waals surface area contributed by atoms with Crippen molar-refractivity contribution in [1.29, 1.82) is 0 Å². The lowest BCUT2D eigenvalue weighted by atomic mass is 9.97. The molecule has 138 valence electrons. The van der Waals surface area contributed by atoms with Gasteiger partial charge >= 0.3 is 30.1 Å². The second-order valence-corrected chi connectivity index (χ2v) is 5.22. The van der Waals surface area contributed by atoms with Crippen molar-refractivity contribution in [2.45, 2.75) is 58.3 Å². The smallest absolute Gasteiger partial charge is 0.369 e. The molecule has 10 nitrogen and oxygen atoms in total. The summed E-state index contributed by atoms with van der Waals surface area (Å²) < 4.78 is 25.6. The molecule has 1 saturated heterocycles. The third kappa shape index (κ3) is 6.04. The lowest BCUT2D eigenvalue weighted by Gasteiger charge is -2.40. The van der Waals surface area contributed by atoms with Crippen molar-refractivity contribution in [2.75, 3.05) is 6.61 Å². The monoisotopic (exact) mass is 357 g/mol. The van der Waals surface area contributed by atoms with Crippen LogP contribution in [0.25, 0.3) is 4.85 Å². The van der Waals surface area contributed by atoms with Crippen LogP contribution in [-0.2, 0) is 42.9 Å². The zero-order valence-corrected chi connectivity index (χ0v) is 14.2. The molecule has 5 atom stereocenters. The van der Waals surface area contributed by atoms with E-state index in [-0.39, 0.29) is 6.61 Å². The van der Waals surface area contributed by atoms with Crippen molar-refractivity contribution in [2.24, 2.45) is 0 Å².